The Bertz CT molecular complexity index is 979. The van der Waals surface area contributed by atoms with E-state index in [1.807, 2.05) is 0 Å². The number of sulfonamides is 1. The fraction of sp³-hybridized carbons (Fsp3) is 0.353. The van der Waals surface area contributed by atoms with Crippen LogP contribution in [0.15, 0.2) is 30.3 Å². The Kier molecular flexibility index (Phi) is 6.05. The summed E-state index contributed by atoms with van der Waals surface area (Å²) < 4.78 is 72.3. The molecule has 1 aromatic carbocycles. The van der Waals surface area contributed by atoms with Crippen LogP contribution in [0.5, 0.6) is 11.5 Å². The maximum atomic E-state index is 12.6. The Hall–Kier alpha value is -2.20. The van der Waals surface area contributed by atoms with Crippen LogP contribution in [0.1, 0.15) is 25.1 Å². The minimum absolute atomic E-state index is 0.0198. The van der Waals surface area contributed by atoms with Crippen molar-refractivity contribution in [3.8, 4) is 11.5 Å². The predicted molar refractivity (Wildman–Crippen MR) is 99.5 cm³/mol. The molecule has 0 unspecified atom stereocenters. The van der Waals surface area contributed by atoms with Gasteiger partial charge < -0.3 is 9.47 Å². The molecule has 1 N–H and O–H groups in total. The third-order valence-corrected chi connectivity index (χ3v) is 4.61. The second-order valence-electron chi connectivity index (χ2n) is 6.51. The number of alkyl halides is 3. The van der Waals surface area contributed by atoms with Crippen molar-refractivity contribution < 1.29 is 31.1 Å². The Morgan fingerprint density at radius 2 is 1.68 bits per heavy atom. The molecule has 0 bridgehead atoms. The molecule has 6 nitrogen and oxygen atoms in total. The van der Waals surface area contributed by atoms with Gasteiger partial charge in [0.1, 0.15) is 16.7 Å². The zero-order chi connectivity index (χ0) is 21.3. The van der Waals surface area contributed by atoms with Gasteiger partial charge in [-0.25, -0.2) is 13.4 Å². The van der Waals surface area contributed by atoms with Crippen LogP contribution in [-0.4, -0.2) is 33.1 Å². The normalized spacial score (nSPS) is 12.6. The average Bonchev–Trinajstić information content (AvgIpc) is 2.50. The van der Waals surface area contributed by atoms with Gasteiger partial charge in [0.15, 0.2) is 0 Å². The molecular weight excluding hydrogens is 421 g/mol. The maximum Gasteiger partial charge on any atom is 0.573 e. The van der Waals surface area contributed by atoms with Crippen LogP contribution in [0, 0.1) is 0 Å². The largest absolute Gasteiger partial charge is 0.573 e. The van der Waals surface area contributed by atoms with Crippen molar-refractivity contribution in [2.45, 2.75) is 25.6 Å². The minimum atomic E-state index is -4.87. The fourth-order valence-corrected chi connectivity index (χ4v) is 3.24. The van der Waals surface area contributed by atoms with Gasteiger partial charge in [0.25, 0.3) is 0 Å². The van der Waals surface area contributed by atoms with Crippen LogP contribution in [0.2, 0.25) is 5.15 Å². The summed E-state index contributed by atoms with van der Waals surface area (Å²) in [5, 5.41) is 0.0198. The highest BCUT2D eigenvalue weighted by Gasteiger charge is 2.33. The standard InChI is InChI=1S/C17H18ClF3N2O4S/c1-16(2,14-7-11(8-15(18)22-14)23-28(4,24)25)10-5-12(26-3)9-13(6-10)27-17(19,20)21/h5-9H,1-4H3,(H,22,23). The quantitative estimate of drug-likeness (QED) is 0.679. The van der Waals surface area contributed by atoms with E-state index in [0.29, 0.717) is 11.3 Å². The number of methoxy groups -OCH3 is 1. The predicted octanol–water partition coefficient (Wildman–Crippen LogP) is 4.34. The zero-order valence-electron chi connectivity index (χ0n) is 15.4. The molecule has 2 rings (SSSR count). The van der Waals surface area contributed by atoms with Gasteiger partial charge in [-0.15, -0.1) is 13.2 Å². The molecule has 0 saturated carbocycles. The number of ether oxygens (including phenoxy) is 2. The van der Waals surface area contributed by atoms with Crippen LogP contribution >= 0.6 is 11.6 Å². The van der Waals surface area contributed by atoms with Gasteiger partial charge in [-0.2, -0.15) is 0 Å². The van der Waals surface area contributed by atoms with Crippen LogP contribution in [0.4, 0.5) is 18.9 Å². The summed E-state index contributed by atoms with van der Waals surface area (Å²) in [4.78, 5) is 4.20. The number of nitrogens with zero attached hydrogens (tertiary/aromatic N) is 1. The Morgan fingerprint density at radius 3 is 2.21 bits per heavy atom. The van der Waals surface area contributed by atoms with Crippen molar-refractivity contribution in [1.29, 1.82) is 0 Å². The van der Waals surface area contributed by atoms with Crippen molar-refractivity contribution >= 4 is 27.3 Å². The third-order valence-electron chi connectivity index (χ3n) is 3.81. The summed E-state index contributed by atoms with van der Waals surface area (Å²) >= 11 is 6.01. The van der Waals surface area contributed by atoms with Gasteiger partial charge in [-0.1, -0.05) is 25.4 Å². The number of hydrogen-bond donors (Lipinski definition) is 1. The Labute approximate surface area is 165 Å². The van der Waals surface area contributed by atoms with E-state index >= 15 is 0 Å². The van der Waals surface area contributed by atoms with E-state index < -0.39 is 27.6 Å². The molecule has 0 aliphatic carbocycles. The molecule has 1 heterocycles. The highest BCUT2D eigenvalue weighted by molar-refractivity contribution is 7.92. The summed E-state index contributed by atoms with van der Waals surface area (Å²) in [7, 11) is -2.25. The second-order valence-corrected chi connectivity index (χ2v) is 8.64. The highest BCUT2D eigenvalue weighted by atomic mass is 35.5. The highest BCUT2D eigenvalue weighted by Crippen LogP contribution is 2.38. The van der Waals surface area contributed by atoms with Gasteiger partial charge in [0, 0.05) is 11.5 Å². The van der Waals surface area contributed by atoms with Crippen LogP contribution in [-0.2, 0) is 15.4 Å². The van der Waals surface area contributed by atoms with E-state index in [1.165, 1.54) is 31.4 Å². The smallest absolute Gasteiger partial charge is 0.497 e. The van der Waals surface area contributed by atoms with E-state index in [9.17, 15) is 21.6 Å². The number of hydrogen-bond acceptors (Lipinski definition) is 5. The van der Waals surface area contributed by atoms with Gasteiger partial charge in [0.05, 0.1) is 24.7 Å². The lowest BCUT2D eigenvalue weighted by atomic mass is 9.81. The van der Waals surface area contributed by atoms with Crippen molar-refractivity contribution in [2.24, 2.45) is 0 Å². The first-order valence-electron chi connectivity index (χ1n) is 7.81. The SMILES string of the molecule is COc1cc(OC(F)(F)F)cc(C(C)(C)c2cc(NS(C)(=O)=O)cc(Cl)n2)c1. The number of halogens is 4. The molecular formula is C17H18ClF3N2O4S. The molecule has 154 valence electrons. The minimum Gasteiger partial charge on any atom is -0.497 e. The van der Waals surface area contributed by atoms with E-state index in [4.69, 9.17) is 16.3 Å². The van der Waals surface area contributed by atoms with Crippen LogP contribution in [0.3, 0.4) is 0 Å². The van der Waals surface area contributed by atoms with E-state index in [-0.39, 0.29) is 16.6 Å². The number of aromatic nitrogens is 1. The molecule has 1 aromatic heterocycles. The summed E-state index contributed by atoms with van der Waals surface area (Å²) in [6, 6.07) is 6.63. The average molecular weight is 439 g/mol. The maximum absolute atomic E-state index is 12.6. The summed E-state index contributed by atoms with van der Waals surface area (Å²) in [5.41, 5.74) is -0.0550. The van der Waals surface area contributed by atoms with Gasteiger partial charge in [-0.3, -0.25) is 4.72 Å². The fourth-order valence-electron chi connectivity index (χ4n) is 2.48. The Balaban J connectivity index is 2.56. The van der Waals surface area contributed by atoms with Crippen molar-refractivity contribution in [2.75, 3.05) is 18.1 Å². The summed E-state index contributed by atoms with van der Waals surface area (Å²) in [6.45, 7) is 3.39. The molecule has 0 saturated heterocycles. The molecule has 2 aromatic rings. The van der Waals surface area contributed by atoms with E-state index in [0.717, 1.165) is 12.3 Å². The van der Waals surface area contributed by atoms with Crippen LogP contribution < -0.4 is 14.2 Å². The van der Waals surface area contributed by atoms with Crippen LogP contribution in [0.25, 0.3) is 0 Å². The number of anilines is 1. The zero-order valence-corrected chi connectivity index (χ0v) is 17.0. The number of benzene rings is 1. The Morgan fingerprint density at radius 1 is 1.07 bits per heavy atom. The van der Waals surface area contributed by atoms with E-state index in [1.54, 1.807) is 13.8 Å². The lowest BCUT2D eigenvalue weighted by Gasteiger charge is -2.27. The molecule has 0 spiro atoms. The third kappa shape index (κ3) is 5.90. The molecule has 0 aliphatic rings. The van der Waals surface area contributed by atoms with Gasteiger partial charge in [-0.05, 0) is 29.8 Å². The monoisotopic (exact) mass is 438 g/mol. The van der Waals surface area contributed by atoms with Crippen molar-refractivity contribution in [3.05, 3.63) is 46.7 Å². The first-order chi connectivity index (χ1) is 12.7. The molecule has 0 fully saturated rings. The number of nitrogens with one attached hydrogen (secondary N) is 1. The molecule has 0 radical (unpaired) electrons. The molecule has 0 aliphatic heterocycles. The topological polar surface area (TPSA) is 77.5 Å². The number of rotatable bonds is 6. The lowest BCUT2D eigenvalue weighted by molar-refractivity contribution is -0.274. The molecule has 0 atom stereocenters. The molecule has 0 amide bonds. The van der Waals surface area contributed by atoms with Gasteiger partial charge in [0.2, 0.25) is 10.0 Å². The summed E-state index contributed by atoms with van der Waals surface area (Å²) in [6.07, 6.45) is -3.89. The van der Waals surface area contributed by atoms with E-state index in [2.05, 4.69) is 14.4 Å². The summed E-state index contributed by atoms with van der Waals surface area (Å²) in [5.74, 6) is -0.298. The van der Waals surface area contributed by atoms with Gasteiger partial charge >= 0.3 is 6.36 Å². The first kappa shape index (κ1) is 22.1. The first-order valence-corrected chi connectivity index (χ1v) is 10.1. The van der Waals surface area contributed by atoms with Crippen molar-refractivity contribution in [3.63, 3.8) is 0 Å². The molecule has 11 heteroatoms. The van der Waals surface area contributed by atoms with Crippen molar-refractivity contribution in [1.82, 2.24) is 4.98 Å². The second kappa shape index (κ2) is 7.67. The number of pyridine rings is 1. The molecule has 28 heavy (non-hydrogen) atoms. The lowest BCUT2D eigenvalue weighted by Crippen LogP contribution is -2.23.